The summed E-state index contributed by atoms with van der Waals surface area (Å²) in [6.07, 6.45) is 4.76. The van der Waals surface area contributed by atoms with Crippen molar-refractivity contribution in [1.82, 2.24) is 9.78 Å². The van der Waals surface area contributed by atoms with Gasteiger partial charge in [-0.25, -0.2) is 4.68 Å². The Morgan fingerprint density at radius 2 is 1.93 bits per heavy atom. The highest BCUT2D eigenvalue weighted by molar-refractivity contribution is 5.85. The van der Waals surface area contributed by atoms with Gasteiger partial charge in [0.15, 0.2) is 0 Å². The quantitative estimate of drug-likeness (QED) is 0.863. The van der Waals surface area contributed by atoms with Crippen molar-refractivity contribution in [2.45, 2.75) is 6.42 Å². The number of nitrogens with zero attached hydrogens (tertiary/aromatic N) is 2. The highest BCUT2D eigenvalue weighted by atomic mass is 35.5. The first-order valence-electron chi connectivity index (χ1n) is 4.69. The molecule has 1 heterocycles. The largest absolute Gasteiger partial charge is 0.330 e. The molecule has 3 nitrogen and oxygen atoms in total. The van der Waals surface area contributed by atoms with Gasteiger partial charge >= 0.3 is 0 Å². The fraction of sp³-hybridized carbons (Fsp3) is 0.182. The van der Waals surface area contributed by atoms with Crippen molar-refractivity contribution in [2.24, 2.45) is 5.73 Å². The second-order valence-electron chi connectivity index (χ2n) is 3.17. The molecule has 2 aromatic rings. The predicted octanol–water partition coefficient (Wildman–Crippen LogP) is 1.80. The standard InChI is InChI=1S/C11H13N3.ClH/c12-7-6-10-8-13-14(9-10)11-4-2-1-3-5-11;/h1-5,8-9H,6-7,12H2;1H. The van der Waals surface area contributed by atoms with E-state index < -0.39 is 0 Å². The van der Waals surface area contributed by atoms with Gasteiger partial charge in [0.25, 0.3) is 0 Å². The number of para-hydroxylation sites is 1. The van der Waals surface area contributed by atoms with E-state index in [1.807, 2.05) is 47.4 Å². The van der Waals surface area contributed by atoms with Crippen molar-refractivity contribution >= 4 is 12.4 Å². The van der Waals surface area contributed by atoms with Crippen LogP contribution in [0.3, 0.4) is 0 Å². The van der Waals surface area contributed by atoms with E-state index in [9.17, 15) is 0 Å². The zero-order valence-corrected chi connectivity index (χ0v) is 9.15. The average molecular weight is 224 g/mol. The van der Waals surface area contributed by atoms with E-state index >= 15 is 0 Å². The van der Waals surface area contributed by atoms with Crippen LogP contribution < -0.4 is 5.73 Å². The molecule has 0 fully saturated rings. The van der Waals surface area contributed by atoms with Crippen LogP contribution in [0.5, 0.6) is 0 Å². The van der Waals surface area contributed by atoms with E-state index in [-0.39, 0.29) is 12.4 Å². The lowest BCUT2D eigenvalue weighted by atomic mass is 10.2. The molecule has 0 unspecified atom stereocenters. The monoisotopic (exact) mass is 223 g/mol. The van der Waals surface area contributed by atoms with Gasteiger partial charge in [0.2, 0.25) is 0 Å². The van der Waals surface area contributed by atoms with Crippen LogP contribution in [0, 0.1) is 0 Å². The Bertz CT molecular complexity index is 397. The van der Waals surface area contributed by atoms with E-state index in [1.54, 1.807) is 0 Å². The highest BCUT2D eigenvalue weighted by Crippen LogP contribution is 2.07. The number of nitrogens with two attached hydrogens (primary N) is 1. The third-order valence-corrected chi connectivity index (χ3v) is 2.09. The first kappa shape index (κ1) is 11.8. The van der Waals surface area contributed by atoms with Gasteiger partial charge in [-0.1, -0.05) is 18.2 Å². The third-order valence-electron chi connectivity index (χ3n) is 2.09. The van der Waals surface area contributed by atoms with Crippen molar-refractivity contribution in [2.75, 3.05) is 6.54 Å². The van der Waals surface area contributed by atoms with Crippen LogP contribution in [0.15, 0.2) is 42.7 Å². The van der Waals surface area contributed by atoms with Crippen molar-refractivity contribution in [3.63, 3.8) is 0 Å². The molecule has 0 aliphatic rings. The van der Waals surface area contributed by atoms with Gasteiger partial charge in [-0.2, -0.15) is 5.10 Å². The molecule has 0 aliphatic carbocycles. The normalized spacial score (nSPS) is 9.67. The summed E-state index contributed by atoms with van der Waals surface area (Å²) in [5.41, 5.74) is 7.73. The maximum atomic E-state index is 5.47. The molecule has 80 valence electrons. The molecule has 2 N–H and O–H groups in total. The molecule has 0 spiro atoms. The molecule has 0 bridgehead atoms. The molecule has 2 rings (SSSR count). The summed E-state index contributed by atoms with van der Waals surface area (Å²) in [5.74, 6) is 0. The first-order valence-corrected chi connectivity index (χ1v) is 4.69. The molecule has 4 heteroatoms. The Kier molecular flexibility index (Phi) is 4.34. The van der Waals surface area contributed by atoms with Crippen molar-refractivity contribution in [3.05, 3.63) is 48.3 Å². The molecule has 15 heavy (non-hydrogen) atoms. The van der Waals surface area contributed by atoms with Gasteiger partial charge in [0.05, 0.1) is 11.9 Å². The molecule has 0 saturated carbocycles. The van der Waals surface area contributed by atoms with E-state index in [4.69, 9.17) is 5.73 Å². The number of benzene rings is 1. The predicted molar refractivity (Wildman–Crippen MR) is 63.6 cm³/mol. The van der Waals surface area contributed by atoms with Crippen molar-refractivity contribution < 1.29 is 0 Å². The van der Waals surface area contributed by atoms with Gasteiger partial charge < -0.3 is 5.73 Å². The molecule has 0 atom stereocenters. The summed E-state index contributed by atoms with van der Waals surface area (Å²) in [5, 5.41) is 4.27. The van der Waals surface area contributed by atoms with E-state index in [2.05, 4.69) is 5.10 Å². The minimum atomic E-state index is 0. The molecule has 0 aliphatic heterocycles. The van der Waals surface area contributed by atoms with Gasteiger partial charge in [-0.3, -0.25) is 0 Å². The van der Waals surface area contributed by atoms with Crippen LogP contribution in [0.2, 0.25) is 0 Å². The maximum absolute atomic E-state index is 5.47. The van der Waals surface area contributed by atoms with E-state index in [1.165, 1.54) is 5.56 Å². The third kappa shape index (κ3) is 2.81. The minimum Gasteiger partial charge on any atom is -0.330 e. The molecule has 1 aromatic heterocycles. The van der Waals surface area contributed by atoms with Crippen LogP contribution in [0.25, 0.3) is 5.69 Å². The summed E-state index contributed by atoms with van der Waals surface area (Å²) in [6.45, 7) is 0.667. The van der Waals surface area contributed by atoms with Crippen molar-refractivity contribution in [1.29, 1.82) is 0 Å². The summed E-state index contributed by atoms with van der Waals surface area (Å²) < 4.78 is 1.87. The van der Waals surface area contributed by atoms with Gasteiger partial charge in [-0.15, -0.1) is 12.4 Å². The SMILES string of the molecule is Cl.NCCc1cnn(-c2ccccc2)c1. The lowest BCUT2D eigenvalue weighted by Gasteiger charge is -1.98. The fourth-order valence-corrected chi connectivity index (χ4v) is 1.38. The zero-order chi connectivity index (χ0) is 9.80. The number of hydrogen-bond donors (Lipinski definition) is 1. The average Bonchev–Trinajstić information content (AvgIpc) is 2.68. The van der Waals surface area contributed by atoms with Crippen LogP contribution >= 0.6 is 12.4 Å². The Morgan fingerprint density at radius 1 is 1.20 bits per heavy atom. The summed E-state index contributed by atoms with van der Waals surface area (Å²) in [7, 11) is 0. The van der Waals surface area contributed by atoms with Crippen LogP contribution in [0.4, 0.5) is 0 Å². The van der Waals surface area contributed by atoms with E-state index in [0.29, 0.717) is 6.54 Å². The minimum absolute atomic E-state index is 0. The summed E-state index contributed by atoms with van der Waals surface area (Å²) in [4.78, 5) is 0. The molecule has 1 aromatic carbocycles. The van der Waals surface area contributed by atoms with Gasteiger partial charge in [-0.05, 0) is 30.7 Å². The number of halogens is 1. The first-order chi connectivity index (χ1) is 6.90. The second-order valence-corrected chi connectivity index (χ2v) is 3.17. The Morgan fingerprint density at radius 3 is 2.60 bits per heavy atom. The molecule has 0 amide bonds. The summed E-state index contributed by atoms with van der Waals surface area (Å²) in [6, 6.07) is 10.0. The zero-order valence-electron chi connectivity index (χ0n) is 8.34. The lowest BCUT2D eigenvalue weighted by Crippen LogP contribution is -2.01. The van der Waals surface area contributed by atoms with Crippen molar-refractivity contribution in [3.8, 4) is 5.69 Å². The Balaban J connectivity index is 0.00000112. The molecule has 0 saturated heterocycles. The fourth-order valence-electron chi connectivity index (χ4n) is 1.38. The Hall–Kier alpha value is -1.32. The summed E-state index contributed by atoms with van der Waals surface area (Å²) >= 11 is 0. The molecular formula is C11H14ClN3. The smallest absolute Gasteiger partial charge is 0.0645 e. The highest BCUT2D eigenvalue weighted by Gasteiger charge is 1.98. The number of aromatic nitrogens is 2. The molecular weight excluding hydrogens is 210 g/mol. The van der Waals surface area contributed by atoms with Gasteiger partial charge in [0, 0.05) is 6.20 Å². The van der Waals surface area contributed by atoms with Crippen LogP contribution in [-0.4, -0.2) is 16.3 Å². The van der Waals surface area contributed by atoms with Crippen LogP contribution in [-0.2, 0) is 6.42 Å². The maximum Gasteiger partial charge on any atom is 0.0645 e. The Labute approximate surface area is 95.3 Å². The van der Waals surface area contributed by atoms with Gasteiger partial charge in [0.1, 0.15) is 0 Å². The topological polar surface area (TPSA) is 43.8 Å². The second kappa shape index (κ2) is 5.53. The lowest BCUT2D eigenvalue weighted by molar-refractivity contribution is 0.879. The molecule has 0 radical (unpaired) electrons. The van der Waals surface area contributed by atoms with E-state index in [0.717, 1.165) is 12.1 Å². The number of hydrogen-bond acceptors (Lipinski definition) is 2. The van der Waals surface area contributed by atoms with Crippen LogP contribution in [0.1, 0.15) is 5.56 Å². The number of rotatable bonds is 3.